The van der Waals surface area contributed by atoms with Gasteiger partial charge in [-0.25, -0.2) is 5.43 Å². The number of hydrogen-bond acceptors (Lipinski definition) is 4. The van der Waals surface area contributed by atoms with Gasteiger partial charge in [0.2, 0.25) is 6.79 Å². The van der Waals surface area contributed by atoms with E-state index in [1.54, 1.807) is 24.4 Å². The number of rotatable bonds is 3. The van der Waals surface area contributed by atoms with E-state index in [-0.39, 0.29) is 12.7 Å². The minimum Gasteiger partial charge on any atom is -0.454 e. The molecule has 0 unspecified atom stereocenters. The third-order valence-corrected chi connectivity index (χ3v) is 4.37. The van der Waals surface area contributed by atoms with Crippen LogP contribution in [0, 0.1) is 3.57 Å². The Kier molecular flexibility index (Phi) is 4.63. The molecule has 1 heterocycles. The van der Waals surface area contributed by atoms with Crippen LogP contribution in [0.15, 0.2) is 46.0 Å². The van der Waals surface area contributed by atoms with Gasteiger partial charge in [0, 0.05) is 19.2 Å². The Morgan fingerprint density at radius 2 is 1.91 bits per heavy atom. The molecule has 1 aliphatic rings. The average molecular weight is 473 g/mol. The molecule has 0 aliphatic carbocycles. The normalized spacial score (nSPS) is 12.6. The summed E-state index contributed by atoms with van der Waals surface area (Å²) in [5.41, 5.74) is 3.84. The maximum absolute atomic E-state index is 11.9. The standard InChI is InChI=1S/C15H10BrIN2O3/c16-12-6-14-13(21-8-22-14)5-10(12)7-18-19-15(20)9-1-3-11(17)4-2-9/h1-7H,8H2,(H,19,20). The summed E-state index contributed by atoms with van der Waals surface area (Å²) < 4.78 is 12.5. The molecular weight excluding hydrogens is 463 g/mol. The summed E-state index contributed by atoms with van der Waals surface area (Å²) in [5, 5.41) is 3.97. The maximum atomic E-state index is 11.9. The lowest BCUT2D eigenvalue weighted by molar-refractivity contribution is 0.0955. The number of halogens is 2. The number of hydrogen-bond donors (Lipinski definition) is 1. The molecule has 0 bridgehead atoms. The van der Waals surface area contributed by atoms with Crippen LogP contribution in [-0.2, 0) is 0 Å². The number of ether oxygens (including phenoxy) is 2. The highest BCUT2D eigenvalue weighted by atomic mass is 127. The molecule has 0 radical (unpaired) electrons. The summed E-state index contributed by atoms with van der Waals surface area (Å²) in [7, 11) is 0. The van der Waals surface area contributed by atoms with E-state index in [1.807, 2.05) is 18.2 Å². The summed E-state index contributed by atoms with van der Waals surface area (Å²) in [4.78, 5) is 11.9. The zero-order chi connectivity index (χ0) is 15.5. The second-order valence-electron chi connectivity index (χ2n) is 4.43. The molecule has 5 nitrogen and oxygen atoms in total. The van der Waals surface area contributed by atoms with E-state index in [4.69, 9.17) is 9.47 Å². The number of carbonyl (C=O) groups is 1. The molecular formula is C15H10BrIN2O3. The fourth-order valence-electron chi connectivity index (χ4n) is 1.86. The van der Waals surface area contributed by atoms with Crippen molar-refractivity contribution in [3.63, 3.8) is 0 Å². The van der Waals surface area contributed by atoms with Crippen molar-refractivity contribution in [3.05, 3.63) is 55.6 Å². The van der Waals surface area contributed by atoms with Crippen molar-refractivity contribution < 1.29 is 14.3 Å². The van der Waals surface area contributed by atoms with Gasteiger partial charge < -0.3 is 9.47 Å². The highest BCUT2D eigenvalue weighted by Gasteiger charge is 2.15. The van der Waals surface area contributed by atoms with Gasteiger partial charge in [-0.3, -0.25) is 4.79 Å². The summed E-state index contributed by atoms with van der Waals surface area (Å²) in [6, 6.07) is 10.9. The van der Waals surface area contributed by atoms with Gasteiger partial charge in [-0.2, -0.15) is 5.10 Å². The Hall–Kier alpha value is -1.61. The van der Waals surface area contributed by atoms with E-state index in [0.29, 0.717) is 17.1 Å². The molecule has 0 saturated heterocycles. The van der Waals surface area contributed by atoms with E-state index in [2.05, 4.69) is 49.0 Å². The van der Waals surface area contributed by atoms with Gasteiger partial charge in [-0.1, -0.05) is 0 Å². The molecule has 0 saturated carbocycles. The van der Waals surface area contributed by atoms with Crippen LogP contribution in [0.4, 0.5) is 0 Å². The third kappa shape index (κ3) is 3.41. The van der Waals surface area contributed by atoms with Crippen LogP contribution in [-0.4, -0.2) is 18.9 Å². The van der Waals surface area contributed by atoms with Gasteiger partial charge in [0.1, 0.15) is 0 Å². The van der Waals surface area contributed by atoms with Gasteiger partial charge in [-0.05, 0) is 74.9 Å². The minimum absolute atomic E-state index is 0.214. The molecule has 1 amide bonds. The summed E-state index contributed by atoms with van der Waals surface area (Å²) in [6.07, 6.45) is 1.55. The average Bonchev–Trinajstić information content (AvgIpc) is 2.95. The van der Waals surface area contributed by atoms with Crippen LogP contribution >= 0.6 is 38.5 Å². The molecule has 2 aromatic rings. The molecule has 0 atom stereocenters. The predicted octanol–water partition coefficient (Wildman–Crippen LogP) is 3.55. The fourth-order valence-corrected chi connectivity index (χ4v) is 2.64. The highest BCUT2D eigenvalue weighted by molar-refractivity contribution is 14.1. The monoisotopic (exact) mass is 472 g/mol. The number of fused-ring (bicyclic) bond motifs is 1. The Bertz CT molecular complexity index is 747. The summed E-state index contributed by atoms with van der Waals surface area (Å²) >= 11 is 5.62. The number of amides is 1. The van der Waals surface area contributed by atoms with E-state index in [9.17, 15) is 4.79 Å². The second-order valence-corrected chi connectivity index (χ2v) is 6.53. The van der Waals surface area contributed by atoms with Gasteiger partial charge in [-0.15, -0.1) is 0 Å². The number of benzene rings is 2. The Morgan fingerprint density at radius 1 is 1.23 bits per heavy atom. The smallest absolute Gasteiger partial charge is 0.271 e. The van der Waals surface area contributed by atoms with Gasteiger partial charge in [0.05, 0.1) is 6.21 Å². The number of hydrazone groups is 1. The van der Waals surface area contributed by atoms with Crippen LogP contribution < -0.4 is 14.9 Å². The third-order valence-electron chi connectivity index (χ3n) is 2.97. The molecule has 7 heteroatoms. The number of nitrogens with zero attached hydrogens (tertiary/aromatic N) is 1. The first kappa shape index (κ1) is 15.3. The first-order valence-electron chi connectivity index (χ1n) is 6.31. The van der Waals surface area contributed by atoms with Gasteiger partial charge in [0.25, 0.3) is 5.91 Å². The van der Waals surface area contributed by atoms with Crippen molar-refractivity contribution in [1.29, 1.82) is 0 Å². The van der Waals surface area contributed by atoms with Crippen molar-refractivity contribution in [1.82, 2.24) is 5.43 Å². The SMILES string of the molecule is O=C(NN=Cc1cc2c(cc1Br)OCO2)c1ccc(I)cc1. The maximum Gasteiger partial charge on any atom is 0.271 e. The first-order valence-corrected chi connectivity index (χ1v) is 8.19. The Morgan fingerprint density at radius 3 is 2.64 bits per heavy atom. The Balaban J connectivity index is 1.70. The molecule has 0 spiro atoms. The second kappa shape index (κ2) is 6.66. The fraction of sp³-hybridized carbons (Fsp3) is 0.0667. The van der Waals surface area contributed by atoms with E-state index in [0.717, 1.165) is 13.6 Å². The quantitative estimate of drug-likeness (QED) is 0.422. The lowest BCUT2D eigenvalue weighted by atomic mass is 10.2. The van der Waals surface area contributed by atoms with Crippen molar-refractivity contribution in [2.24, 2.45) is 5.10 Å². The highest BCUT2D eigenvalue weighted by Crippen LogP contribution is 2.36. The van der Waals surface area contributed by atoms with Crippen LogP contribution in [0.25, 0.3) is 0 Å². The van der Waals surface area contributed by atoms with Crippen LogP contribution in [0.5, 0.6) is 11.5 Å². The topological polar surface area (TPSA) is 59.9 Å². The zero-order valence-electron chi connectivity index (χ0n) is 11.2. The van der Waals surface area contributed by atoms with Crippen molar-refractivity contribution in [3.8, 4) is 11.5 Å². The Labute approximate surface area is 149 Å². The molecule has 0 fully saturated rings. The largest absolute Gasteiger partial charge is 0.454 e. The lowest BCUT2D eigenvalue weighted by Crippen LogP contribution is -2.17. The van der Waals surface area contributed by atoms with Crippen molar-refractivity contribution in [2.45, 2.75) is 0 Å². The molecule has 1 N–H and O–H groups in total. The molecule has 3 rings (SSSR count). The number of nitrogens with one attached hydrogen (secondary N) is 1. The van der Waals surface area contributed by atoms with E-state index >= 15 is 0 Å². The van der Waals surface area contributed by atoms with Gasteiger partial charge in [0.15, 0.2) is 11.5 Å². The number of carbonyl (C=O) groups excluding carboxylic acids is 1. The summed E-state index contributed by atoms with van der Waals surface area (Å²) in [5.74, 6) is 1.09. The molecule has 2 aromatic carbocycles. The van der Waals surface area contributed by atoms with Crippen molar-refractivity contribution >= 4 is 50.6 Å². The van der Waals surface area contributed by atoms with E-state index in [1.165, 1.54) is 0 Å². The predicted molar refractivity (Wildman–Crippen MR) is 94.5 cm³/mol. The van der Waals surface area contributed by atoms with Gasteiger partial charge >= 0.3 is 0 Å². The van der Waals surface area contributed by atoms with Crippen molar-refractivity contribution in [2.75, 3.05) is 6.79 Å². The molecule has 0 aromatic heterocycles. The van der Waals surface area contributed by atoms with Crippen LogP contribution in [0.3, 0.4) is 0 Å². The van der Waals surface area contributed by atoms with Crippen LogP contribution in [0.2, 0.25) is 0 Å². The minimum atomic E-state index is -0.260. The zero-order valence-corrected chi connectivity index (χ0v) is 14.9. The molecule has 112 valence electrons. The molecule has 22 heavy (non-hydrogen) atoms. The molecule has 1 aliphatic heterocycles. The van der Waals surface area contributed by atoms with E-state index < -0.39 is 0 Å². The summed E-state index contributed by atoms with van der Waals surface area (Å²) in [6.45, 7) is 0.214. The first-order chi connectivity index (χ1) is 10.6. The lowest BCUT2D eigenvalue weighted by Gasteiger charge is -2.02. The van der Waals surface area contributed by atoms with Crippen LogP contribution in [0.1, 0.15) is 15.9 Å².